The number of benzodiazepines with no additional fused rings is 1. The Hall–Kier alpha value is -2.77. The maximum absolute atomic E-state index is 14.0. The summed E-state index contributed by atoms with van der Waals surface area (Å²) < 4.78 is 0. The number of thiol groups is 1. The van der Waals surface area contributed by atoms with Gasteiger partial charge >= 0.3 is 5.97 Å². The maximum atomic E-state index is 14.0. The molecule has 0 bridgehead atoms. The van der Waals surface area contributed by atoms with E-state index in [0.29, 0.717) is 26.9 Å². The van der Waals surface area contributed by atoms with Crippen molar-refractivity contribution in [2.75, 3.05) is 36.3 Å². The van der Waals surface area contributed by atoms with Crippen LogP contribution in [0.4, 0.5) is 5.69 Å². The second kappa shape index (κ2) is 14.2. The number of carboxylic acid groups (broad SMARTS) is 1. The Kier molecular flexibility index (Phi) is 11.3. The molecule has 0 spiro atoms. The number of carbonyl (C=O) groups is 4. The number of nitrogens with zero attached hydrogens (tertiary/aromatic N) is 3. The van der Waals surface area contributed by atoms with Crippen molar-refractivity contribution in [3.05, 3.63) is 63.6 Å². The molecule has 0 fully saturated rings. The fourth-order valence-corrected chi connectivity index (χ4v) is 5.08. The monoisotopic (exact) mass is 625 g/mol. The van der Waals surface area contributed by atoms with Crippen LogP contribution in [0, 0.1) is 0 Å². The predicted octanol–water partition coefficient (Wildman–Crippen LogP) is 2.54. The minimum atomic E-state index is -1.43. The van der Waals surface area contributed by atoms with Gasteiger partial charge in [-0.1, -0.05) is 41.4 Å². The summed E-state index contributed by atoms with van der Waals surface area (Å²) in [5, 5.41) is 12.7. The summed E-state index contributed by atoms with van der Waals surface area (Å²) in [7, 11) is 1.38. The van der Waals surface area contributed by atoms with E-state index >= 15 is 0 Å². The molecule has 3 atom stereocenters. The normalized spacial score (nSPS) is 16.4. The second-order valence-electron chi connectivity index (χ2n) is 8.90. The van der Waals surface area contributed by atoms with E-state index in [9.17, 15) is 24.3 Å². The quantitative estimate of drug-likeness (QED) is 0.281. The van der Waals surface area contributed by atoms with Gasteiger partial charge in [-0.3, -0.25) is 19.3 Å². The number of rotatable bonds is 11. The lowest BCUT2D eigenvalue weighted by Gasteiger charge is -2.30. The number of anilines is 1. The van der Waals surface area contributed by atoms with E-state index in [1.54, 1.807) is 42.5 Å². The van der Waals surface area contributed by atoms with Gasteiger partial charge in [-0.05, 0) is 42.7 Å². The zero-order chi connectivity index (χ0) is 29.6. The van der Waals surface area contributed by atoms with Crippen LogP contribution < -0.4 is 16.0 Å². The molecule has 1 heterocycles. The molecule has 10 nitrogen and oxygen atoms in total. The Bertz CT molecular complexity index is 1330. The number of aliphatic imine (C=N–C) groups is 1. The molecular formula is C26H29Cl2N5O5S2. The topological polar surface area (TPSA) is 145 Å². The van der Waals surface area contributed by atoms with Gasteiger partial charge in [0.05, 0.1) is 17.4 Å². The number of hydrogen-bond donors (Lipinski definition) is 4. The summed E-state index contributed by atoms with van der Waals surface area (Å²) in [6, 6.07) is 9.38. The Morgan fingerprint density at radius 3 is 2.55 bits per heavy atom. The van der Waals surface area contributed by atoms with E-state index in [1.165, 1.54) is 18.8 Å². The van der Waals surface area contributed by atoms with Gasteiger partial charge in [0.15, 0.2) is 0 Å². The molecule has 4 N–H and O–H groups in total. The Labute approximate surface area is 251 Å². The number of carbonyl (C=O) groups excluding carboxylic acids is 3. The smallest absolute Gasteiger partial charge is 0.326 e. The van der Waals surface area contributed by atoms with Crippen LogP contribution in [-0.2, 0) is 19.2 Å². The molecule has 0 aliphatic carbocycles. The molecule has 3 rings (SSSR count). The summed E-state index contributed by atoms with van der Waals surface area (Å²) in [5.74, 6) is -2.66. The molecule has 214 valence electrons. The van der Waals surface area contributed by atoms with Crippen molar-refractivity contribution < 1.29 is 24.3 Å². The Morgan fingerprint density at radius 1 is 1.23 bits per heavy atom. The van der Waals surface area contributed by atoms with E-state index in [0.717, 1.165) is 9.80 Å². The van der Waals surface area contributed by atoms with Crippen molar-refractivity contribution >= 4 is 82.7 Å². The number of nitrogens with two attached hydrogens (primary N) is 1. The Balaban J connectivity index is 2.15. The number of nitrogens with one attached hydrogen (secondary N) is 1. The number of halogens is 2. The van der Waals surface area contributed by atoms with Gasteiger partial charge in [0.25, 0.3) is 5.91 Å². The average Bonchev–Trinajstić information content (AvgIpc) is 3.04. The first-order valence-corrected chi connectivity index (χ1v) is 14.9. The van der Waals surface area contributed by atoms with Crippen LogP contribution in [0.15, 0.2) is 47.5 Å². The van der Waals surface area contributed by atoms with E-state index in [4.69, 9.17) is 28.9 Å². The third-order valence-corrected chi connectivity index (χ3v) is 7.75. The summed E-state index contributed by atoms with van der Waals surface area (Å²) in [4.78, 5) is 58.8. The molecule has 0 saturated carbocycles. The first-order valence-electron chi connectivity index (χ1n) is 12.1. The number of benzene rings is 2. The van der Waals surface area contributed by atoms with Gasteiger partial charge in [0, 0.05) is 34.0 Å². The molecule has 0 saturated heterocycles. The van der Waals surface area contributed by atoms with E-state index < -0.39 is 48.5 Å². The minimum Gasteiger partial charge on any atom is -0.480 e. The van der Waals surface area contributed by atoms with Gasteiger partial charge in [-0.2, -0.15) is 24.4 Å². The number of aliphatic carboxylic acids is 1. The van der Waals surface area contributed by atoms with Crippen LogP contribution >= 0.6 is 47.6 Å². The van der Waals surface area contributed by atoms with Gasteiger partial charge in [-0.25, -0.2) is 9.79 Å². The summed E-state index contributed by atoms with van der Waals surface area (Å²) in [5.41, 5.74) is 7.33. The Morgan fingerprint density at radius 2 is 1.93 bits per heavy atom. The molecule has 40 heavy (non-hydrogen) atoms. The summed E-state index contributed by atoms with van der Waals surface area (Å²) in [6.45, 7) is -0.543. The summed E-state index contributed by atoms with van der Waals surface area (Å²) in [6.07, 6.45) is 0.589. The molecule has 2 aromatic carbocycles. The first kappa shape index (κ1) is 31.8. The van der Waals surface area contributed by atoms with E-state index in [1.807, 2.05) is 6.26 Å². The molecule has 14 heteroatoms. The lowest BCUT2D eigenvalue weighted by Crippen LogP contribution is -2.55. The van der Waals surface area contributed by atoms with E-state index in [2.05, 4.69) is 22.9 Å². The SMILES string of the molecule is CSCC[C@H](NC(=O)CN1C(=O)C(N(C)C(=O)[C@@H](N)CS)N=C(c2ccccc2Cl)c2cc(Cl)ccc21)C(=O)O. The third kappa shape index (κ3) is 7.29. The highest BCUT2D eigenvalue weighted by atomic mass is 35.5. The fraction of sp³-hybridized carbons (Fsp3) is 0.346. The van der Waals surface area contributed by atoms with Crippen LogP contribution in [0.5, 0.6) is 0 Å². The number of likely N-dealkylation sites (N-methyl/N-ethyl adjacent to an activating group) is 1. The number of thioether (sulfide) groups is 1. The lowest BCUT2D eigenvalue weighted by molar-refractivity contribution is -0.142. The maximum Gasteiger partial charge on any atom is 0.326 e. The molecule has 2 aromatic rings. The standard InChI is InChI=1S/C26H29Cl2N5O5S2/c1-32(24(35)18(29)13-39)23-25(36)33(12-21(34)30-19(26(37)38)9-10-40-2)20-8-7-14(27)11-16(20)22(31-23)15-5-3-4-6-17(15)28/h3-8,11,18-19,23,39H,9-10,12-13,29H2,1-2H3,(H,30,34)(H,37,38)/t18-,19-,23?/m0/s1. The molecule has 0 radical (unpaired) electrons. The number of amides is 3. The van der Waals surface area contributed by atoms with Crippen molar-refractivity contribution in [3.63, 3.8) is 0 Å². The second-order valence-corrected chi connectivity index (χ2v) is 11.1. The minimum absolute atomic E-state index is 0.0275. The van der Waals surface area contributed by atoms with Gasteiger partial charge in [0.2, 0.25) is 18.0 Å². The predicted molar refractivity (Wildman–Crippen MR) is 162 cm³/mol. The highest BCUT2D eigenvalue weighted by Crippen LogP contribution is 2.33. The molecule has 1 aliphatic heterocycles. The van der Waals surface area contributed by atoms with Crippen molar-refractivity contribution in [2.45, 2.75) is 24.7 Å². The first-order chi connectivity index (χ1) is 19.0. The third-order valence-electron chi connectivity index (χ3n) is 6.15. The van der Waals surface area contributed by atoms with Crippen molar-refractivity contribution in [1.82, 2.24) is 10.2 Å². The lowest BCUT2D eigenvalue weighted by atomic mass is 10.00. The molecule has 1 aliphatic rings. The van der Waals surface area contributed by atoms with Crippen LogP contribution in [-0.4, -0.2) is 89.0 Å². The van der Waals surface area contributed by atoms with Gasteiger partial charge in [0.1, 0.15) is 12.6 Å². The number of fused-ring (bicyclic) bond motifs is 1. The average molecular weight is 627 g/mol. The van der Waals surface area contributed by atoms with Crippen molar-refractivity contribution in [2.24, 2.45) is 10.7 Å². The van der Waals surface area contributed by atoms with Gasteiger partial charge < -0.3 is 21.1 Å². The number of carboxylic acids is 1. The highest BCUT2D eigenvalue weighted by Gasteiger charge is 2.38. The zero-order valence-corrected chi connectivity index (χ0v) is 24.9. The van der Waals surface area contributed by atoms with Crippen molar-refractivity contribution in [1.29, 1.82) is 0 Å². The van der Waals surface area contributed by atoms with E-state index in [-0.39, 0.29) is 23.6 Å². The fourth-order valence-electron chi connectivity index (χ4n) is 4.06. The highest BCUT2D eigenvalue weighted by molar-refractivity contribution is 7.98. The summed E-state index contributed by atoms with van der Waals surface area (Å²) >= 11 is 18.4. The van der Waals surface area contributed by atoms with Crippen LogP contribution in [0.1, 0.15) is 17.5 Å². The number of hydrogen-bond acceptors (Lipinski definition) is 8. The molecule has 1 unspecified atom stereocenters. The molecule has 3 amide bonds. The zero-order valence-electron chi connectivity index (χ0n) is 21.7. The van der Waals surface area contributed by atoms with Crippen LogP contribution in [0.3, 0.4) is 0 Å². The molecular weight excluding hydrogens is 597 g/mol. The van der Waals surface area contributed by atoms with Crippen molar-refractivity contribution in [3.8, 4) is 0 Å². The van der Waals surface area contributed by atoms with Gasteiger partial charge in [-0.15, -0.1) is 0 Å². The van der Waals surface area contributed by atoms with Crippen LogP contribution in [0.2, 0.25) is 10.0 Å². The largest absolute Gasteiger partial charge is 0.480 e. The molecule has 0 aromatic heterocycles. The van der Waals surface area contributed by atoms with Crippen LogP contribution in [0.25, 0.3) is 0 Å².